The lowest BCUT2D eigenvalue weighted by atomic mass is 9.98. The van der Waals surface area contributed by atoms with Gasteiger partial charge < -0.3 is 15.5 Å². The van der Waals surface area contributed by atoms with E-state index in [9.17, 15) is 4.79 Å². The van der Waals surface area contributed by atoms with Crippen LogP contribution >= 0.6 is 0 Å². The Kier molecular flexibility index (Phi) is 11.5. The van der Waals surface area contributed by atoms with Crippen molar-refractivity contribution in [3.63, 3.8) is 0 Å². The minimum absolute atomic E-state index is 0.108. The van der Waals surface area contributed by atoms with Gasteiger partial charge >= 0.3 is 11.9 Å². The number of anilines is 1. The SMILES string of the molecule is CCCCc1nc2ccccc2c(NC(=O)CN2CCCCCC2)c1CCC.O=C(O)C(=O)O. The third-order valence-electron chi connectivity index (χ3n) is 5.86. The number of aliphatic carboxylic acids is 2. The summed E-state index contributed by atoms with van der Waals surface area (Å²) in [5.74, 6) is -3.54. The van der Waals surface area contributed by atoms with Gasteiger partial charge in [0.1, 0.15) is 0 Å². The van der Waals surface area contributed by atoms with Crippen molar-refractivity contribution in [3.05, 3.63) is 35.5 Å². The maximum Gasteiger partial charge on any atom is 0.414 e. The molecule has 2 aromatic rings. The number of nitrogens with one attached hydrogen (secondary N) is 1. The summed E-state index contributed by atoms with van der Waals surface area (Å²) < 4.78 is 0. The fourth-order valence-corrected chi connectivity index (χ4v) is 4.19. The molecule has 34 heavy (non-hydrogen) atoms. The molecule has 8 nitrogen and oxygen atoms in total. The van der Waals surface area contributed by atoms with Crippen molar-refractivity contribution in [3.8, 4) is 0 Å². The summed E-state index contributed by atoms with van der Waals surface area (Å²) in [6, 6.07) is 8.22. The molecular weight excluding hydrogens is 434 g/mol. The minimum Gasteiger partial charge on any atom is -0.473 e. The number of aromatic nitrogens is 1. The van der Waals surface area contributed by atoms with Crippen molar-refractivity contribution in [1.82, 2.24) is 9.88 Å². The second-order valence-corrected chi connectivity index (χ2v) is 8.63. The molecule has 1 aromatic heterocycles. The minimum atomic E-state index is -1.82. The van der Waals surface area contributed by atoms with Gasteiger partial charge in [-0.2, -0.15) is 0 Å². The highest BCUT2D eigenvalue weighted by Crippen LogP contribution is 2.30. The topological polar surface area (TPSA) is 120 Å². The van der Waals surface area contributed by atoms with Crippen LogP contribution in [0.2, 0.25) is 0 Å². The van der Waals surface area contributed by atoms with Crippen molar-refractivity contribution < 1.29 is 24.6 Å². The van der Waals surface area contributed by atoms with Crippen LogP contribution in [0.1, 0.15) is 70.1 Å². The first-order valence-electron chi connectivity index (χ1n) is 12.3. The highest BCUT2D eigenvalue weighted by atomic mass is 16.4. The van der Waals surface area contributed by atoms with Crippen LogP contribution in [0.15, 0.2) is 24.3 Å². The molecule has 3 rings (SSSR count). The lowest BCUT2D eigenvalue weighted by Crippen LogP contribution is -2.34. The molecule has 186 valence electrons. The molecule has 0 aliphatic carbocycles. The number of rotatable bonds is 8. The Morgan fingerprint density at radius 3 is 2.18 bits per heavy atom. The van der Waals surface area contributed by atoms with Gasteiger partial charge in [-0.3, -0.25) is 14.7 Å². The van der Waals surface area contributed by atoms with Crippen molar-refractivity contribution >= 4 is 34.4 Å². The lowest BCUT2D eigenvalue weighted by molar-refractivity contribution is -0.159. The van der Waals surface area contributed by atoms with E-state index in [2.05, 4.69) is 36.2 Å². The fraction of sp³-hybridized carbons (Fsp3) is 0.538. The summed E-state index contributed by atoms with van der Waals surface area (Å²) in [5.41, 5.74) is 4.38. The number of hydrogen-bond acceptors (Lipinski definition) is 5. The Morgan fingerprint density at radius 2 is 1.59 bits per heavy atom. The van der Waals surface area contributed by atoms with Crippen LogP contribution in [0.3, 0.4) is 0 Å². The van der Waals surface area contributed by atoms with E-state index in [0.717, 1.165) is 67.5 Å². The van der Waals surface area contributed by atoms with E-state index in [4.69, 9.17) is 24.8 Å². The molecule has 0 spiro atoms. The van der Waals surface area contributed by atoms with Crippen LogP contribution in [-0.4, -0.2) is 57.6 Å². The number of likely N-dealkylation sites (tertiary alicyclic amines) is 1. The molecule has 2 heterocycles. The summed E-state index contributed by atoms with van der Waals surface area (Å²) in [5, 5.41) is 19.1. The Balaban J connectivity index is 0.000000604. The molecule has 1 fully saturated rings. The van der Waals surface area contributed by atoms with Crippen LogP contribution in [0.5, 0.6) is 0 Å². The predicted octanol–water partition coefficient (Wildman–Crippen LogP) is 4.50. The zero-order valence-corrected chi connectivity index (χ0v) is 20.3. The molecular formula is C26H37N3O5. The van der Waals surface area contributed by atoms with Gasteiger partial charge in [-0.05, 0) is 56.8 Å². The van der Waals surface area contributed by atoms with E-state index in [0.29, 0.717) is 6.54 Å². The third-order valence-corrected chi connectivity index (χ3v) is 5.86. The zero-order chi connectivity index (χ0) is 24.9. The molecule has 0 unspecified atom stereocenters. The Bertz CT molecular complexity index is 956. The van der Waals surface area contributed by atoms with Crippen molar-refractivity contribution in [2.45, 2.75) is 71.6 Å². The summed E-state index contributed by atoms with van der Waals surface area (Å²) in [6.45, 7) is 6.97. The predicted molar refractivity (Wildman–Crippen MR) is 133 cm³/mol. The van der Waals surface area contributed by atoms with Crippen LogP contribution < -0.4 is 5.32 Å². The first-order valence-corrected chi connectivity index (χ1v) is 12.3. The van der Waals surface area contributed by atoms with Crippen LogP contribution in [0.4, 0.5) is 5.69 Å². The van der Waals surface area contributed by atoms with E-state index in [1.54, 1.807) is 0 Å². The molecule has 1 aromatic carbocycles. The Morgan fingerprint density at radius 1 is 0.941 bits per heavy atom. The van der Waals surface area contributed by atoms with E-state index in [1.807, 2.05) is 12.1 Å². The summed E-state index contributed by atoms with van der Waals surface area (Å²) in [4.78, 5) is 38.4. The maximum atomic E-state index is 12.9. The standard InChI is InChI=1S/C24H35N3O.C2H2O4/c1-3-5-14-21-19(12-4-2)24(20-13-8-9-15-22(20)25-21)26-23(28)18-27-16-10-6-7-11-17-27;3-1(4)2(5)6/h8-9,13,15H,3-7,10-12,14,16-18H2,1-2H3,(H,25,26,28);(H,3,4)(H,5,6). The van der Waals surface area contributed by atoms with Crippen molar-refractivity contribution in [2.75, 3.05) is 25.0 Å². The van der Waals surface area contributed by atoms with Crippen molar-refractivity contribution in [1.29, 1.82) is 0 Å². The number of benzene rings is 1. The monoisotopic (exact) mass is 471 g/mol. The van der Waals surface area contributed by atoms with Crippen LogP contribution in [0.25, 0.3) is 10.9 Å². The maximum absolute atomic E-state index is 12.9. The average Bonchev–Trinajstić information content (AvgIpc) is 3.08. The number of carboxylic acid groups (broad SMARTS) is 2. The molecule has 0 radical (unpaired) electrons. The van der Waals surface area contributed by atoms with E-state index < -0.39 is 11.9 Å². The van der Waals surface area contributed by atoms with Crippen LogP contribution in [-0.2, 0) is 27.2 Å². The van der Waals surface area contributed by atoms with Crippen molar-refractivity contribution in [2.24, 2.45) is 0 Å². The van der Waals surface area contributed by atoms with E-state index in [-0.39, 0.29) is 5.91 Å². The third kappa shape index (κ3) is 8.41. The second kappa shape index (κ2) is 14.3. The Labute approximate surface area is 201 Å². The normalized spacial score (nSPS) is 14.1. The van der Waals surface area contributed by atoms with E-state index in [1.165, 1.54) is 31.2 Å². The molecule has 0 saturated carbocycles. The van der Waals surface area contributed by atoms with Gasteiger partial charge in [0.05, 0.1) is 17.7 Å². The number of carbonyl (C=O) groups is 3. The first-order chi connectivity index (χ1) is 16.4. The quantitative estimate of drug-likeness (QED) is 0.485. The van der Waals surface area contributed by atoms with Gasteiger partial charge in [0.2, 0.25) is 5.91 Å². The number of nitrogens with zero attached hydrogens (tertiary/aromatic N) is 2. The summed E-state index contributed by atoms with van der Waals surface area (Å²) in [7, 11) is 0. The molecule has 0 atom stereocenters. The van der Waals surface area contributed by atoms with Gasteiger partial charge in [-0.15, -0.1) is 0 Å². The highest BCUT2D eigenvalue weighted by molar-refractivity contribution is 6.27. The molecule has 1 aliphatic heterocycles. The zero-order valence-electron chi connectivity index (χ0n) is 20.3. The molecule has 8 heteroatoms. The molecule has 1 aliphatic rings. The smallest absolute Gasteiger partial charge is 0.414 e. The number of carbonyl (C=O) groups excluding carboxylic acids is 1. The number of aryl methyl sites for hydroxylation is 1. The first kappa shape index (κ1) is 27.2. The fourth-order valence-electron chi connectivity index (χ4n) is 4.19. The number of hydrogen-bond donors (Lipinski definition) is 3. The Hall–Kier alpha value is -3.00. The number of fused-ring (bicyclic) bond motifs is 1. The number of carboxylic acids is 2. The van der Waals surface area contributed by atoms with Gasteiger partial charge in [0, 0.05) is 11.1 Å². The number of unbranched alkanes of at least 4 members (excludes halogenated alkanes) is 1. The van der Waals surface area contributed by atoms with Gasteiger partial charge in [0.15, 0.2) is 0 Å². The second-order valence-electron chi connectivity index (χ2n) is 8.63. The molecule has 0 bridgehead atoms. The van der Waals surface area contributed by atoms with Gasteiger partial charge in [0.25, 0.3) is 0 Å². The summed E-state index contributed by atoms with van der Waals surface area (Å²) >= 11 is 0. The van der Waals surface area contributed by atoms with Gasteiger partial charge in [-0.1, -0.05) is 57.7 Å². The summed E-state index contributed by atoms with van der Waals surface area (Å²) in [6.07, 6.45) is 10.2. The largest absolute Gasteiger partial charge is 0.473 e. The lowest BCUT2D eigenvalue weighted by Gasteiger charge is -2.21. The molecule has 1 saturated heterocycles. The number of para-hydroxylation sites is 1. The molecule has 3 N–H and O–H groups in total. The molecule has 1 amide bonds. The average molecular weight is 472 g/mol. The number of amides is 1. The van der Waals surface area contributed by atoms with E-state index >= 15 is 0 Å². The van der Waals surface area contributed by atoms with Crippen LogP contribution in [0, 0.1) is 0 Å². The highest BCUT2D eigenvalue weighted by Gasteiger charge is 2.18. The number of pyridine rings is 1. The van der Waals surface area contributed by atoms with Gasteiger partial charge in [-0.25, -0.2) is 9.59 Å².